The van der Waals surface area contributed by atoms with Gasteiger partial charge in [0, 0.05) is 24.8 Å². The van der Waals surface area contributed by atoms with Gasteiger partial charge >= 0.3 is 0 Å². The molecule has 0 aliphatic heterocycles. The molecule has 1 aromatic rings. The number of allylic oxidation sites excluding steroid dienone is 1. The molecule has 0 saturated carbocycles. The van der Waals surface area contributed by atoms with Gasteiger partial charge in [-0.3, -0.25) is 4.68 Å². The van der Waals surface area contributed by atoms with Gasteiger partial charge in [-0.25, -0.2) is 0 Å². The van der Waals surface area contributed by atoms with E-state index >= 15 is 0 Å². The van der Waals surface area contributed by atoms with Crippen molar-refractivity contribution in [3.8, 4) is 0 Å². The van der Waals surface area contributed by atoms with Crippen molar-refractivity contribution in [2.24, 2.45) is 0 Å². The predicted octanol–water partition coefficient (Wildman–Crippen LogP) is 1.96. The lowest BCUT2D eigenvalue weighted by molar-refractivity contribution is 0.583. The van der Waals surface area contributed by atoms with Gasteiger partial charge < -0.3 is 5.32 Å². The number of aromatic nitrogens is 2. The third kappa shape index (κ3) is 3.75. The quantitative estimate of drug-likeness (QED) is 0.530. The highest BCUT2D eigenvalue weighted by Gasteiger charge is 1.96. The molecule has 0 saturated heterocycles. The highest BCUT2D eigenvalue weighted by molar-refractivity contribution is 5.03. The molecular formula is C11H19N3. The van der Waals surface area contributed by atoms with Crippen molar-refractivity contribution < 1.29 is 0 Å². The maximum Gasteiger partial charge on any atom is 0.0534 e. The average molecular weight is 193 g/mol. The molecule has 1 heterocycles. The van der Waals surface area contributed by atoms with Crippen LogP contribution in [0.5, 0.6) is 0 Å². The van der Waals surface area contributed by atoms with E-state index in [2.05, 4.69) is 30.1 Å². The van der Waals surface area contributed by atoms with E-state index in [4.69, 9.17) is 0 Å². The first kappa shape index (κ1) is 11.0. The van der Waals surface area contributed by atoms with Gasteiger partial charge in [0.1, 0.15) is 0 Å². The van der Waals surface area contributed by atoms with Crippen molar-refractivity contribution in [3.05, 3.63) is 30.6 Å². The van der Waals surface area contributed by atoms with E-state index in [0.29, 0.717) is 0 Å². The van der Waals surface area contributed by atoms with Crippen LogP contribution in [-0.4, -0.2) is 16.3 Å². The van der Waals surface area contributed by atoms with E-state index in [9.17, 15) is 0 Å². The standard InChI is InChI=1S/C11H19N3/c1-3-5-6-7-14-10-11(9-13-14)8-12-4-2/h3,9-10,12H,1,4-8H2,2H3. The van der Waals surface area contributed by atoms with Crippen LogP contribution in [0.1, 0.15) is 25.3 Å². The number of unbranched alkanes of at least 4 members (excludes halogenated alkanes) is 1. The first-order valence-corrected chi connectivity index (χ1v) is 5.19. The molecule has 14 heavy (non-hydrogen) atoms. The van der Waals surface area contributed by atoms with Crippen molar-refractivity contribution in [1.82, 2.24) is 15.1 Å². The van der Waals surface area contributed by atoms with E-state index < -0.39 is 0 Å². The summed E-state index contributed by atoms with van der Waals surface area (Å²) in [7, 11) is 0. The number of rotatable bonds is 7. The Hall–Kier alpha value is -1.09. The molecule has 1 rings (SSSR count). The van der Waals surface area contributed by atoms with Gasteiger partial charge in [0.2, 0.25) is 0 Å². The summed E-state index contributed by atoms with van der Waals surface area (Å²) in [6.45, 7) is 8.70. The molecule has 0 aromatic carbocycles. The smallest absolute Gasteiger partial charge is 0.0534 e. The first-order valence-electron chi connectivity index (χ1n) is 5.19. The first-order chi connectivity index (χ1) is 6.86. The van der Waals surface area contributed by atoms with E-state index in [1.165, 1.54) is 5.56 Å². The molecule has 0 aliphatic rings. The molecule has 0 spiro atoms. The Balaban J connectivity index is 2.31. The van der Waals surface area contributed by atoms with Crippen LogP contribution in [0.4, 0.5) is 0 Å². The molecule has 1 aromatic heterocycles. The predicted molar refractivity (Wildman–Crippen MR) is 59.0 cm³/mol. The molecule has 3 nitrogen and oxygen atoms in total. The van der Waals surface area contributed by atoms with Gasteiger partial charge in [0.05, 0.1) is 6.20 Å². The Kier molecular flexibility index (Phi) is 5.00. The average Bonchev–Trinajstić information content (AvgIpc) is 2.63. The SMILES string of the molecule is C=CCCCn1cc(CNCC)cn1. The number of nitrogens with one attached hydrogen (secondary N) is 1. The Morgan fingerprint density at radius 1 is 1.64 bits per heavy atom. The molecule has 0 bridgehead atoms. The summed E-state index contributed by atoms with van der Waals surface area (Å²) in [4.78, 5) is 0. The summed E-state index contributed by atoms with van der Waals surface area (Å²) in [5.74, 6) is 0. The second kappa shape index (κ2) is 6.38. The largest absolute Gasteiger partial charge is 0.313 e. The molecule has 0 fully saturated rings. The van der Waals surface area contributed by atoms with Crippen molar-refractivity contribution in [1.29, 1.82) is 0 Å². The van der Waals surface area contributed by atoms with E-state index in [1.807, 2.05) is 17.0 Å². The van der Waals surface area contributed by atoms with E-state index in [1.54, 1.807) is 0 Å². The van der Waals surface area contributed by atoms with Gasteiger partial charge in [0.25, 0.3) is 0 Å². The van der Waals surface area contributed by atoms with Crippen LogP contribution < -0.4 is 5.32 Å². The van der Waals surface area contributed by atoms with Crippen molar-refractivity contribution in [2.75, 3.05) is 6.54 Å². The molecule has 0 unspecified atom stereocenters. The lowest BCUT2D eigenvalue weighted by Gasteiger charge is -1.98. The van der Waals surface area contributed by atoms with Crippen LogP contribution in [0, 0.1) is 0 Å². The molecule has 0 aliphatic carbocycles. The summed E-state index contributed by atoms with van der Waals surface area (Å²) in [6.07, 6.45) is 8.15. The second-order valence-electron chi connectivity index (χ2n) is 3.32. The zero-order chi connectivity index (χ0) is 10.2. The Bertz CT molecular complexity index is 265. The molecule has 0 radical (unpaired) electrons. The monoisotopic (exact) mass is 193 g/mol. The molecule has 1 N–H and O–H groups in total. The third-order valence-corrected chi connectivity index (χ3v) is 2.06. The molecule has 0 atom stereocenters. The maximum atomic E-state index is 4.28. The van der Waals surface area contributed by atoms with Crippen LogP contribution in [0.15, 0.2) is 25.0 Å². The molecule has 0 amide bonds. The van der Waals surface area contributed by atoms with Crippen LogP contribution in [0.2, 0.25) is 0 Å². The summed E-state index contributed by atoms with van der Waals surface area (Å²) in [5.41, 5.74) is 1.26. The summed E-state index contributed by atoms with van der Waals surface area (Å²) in [6, 6.07) is 0. The minimum Gasteiger partial charge on any atom is -0.313 e. The minimum absolute atomic E-state index is 0.915. The highest BCUT2D eigenvalue weighted by atomic mass is 15.3. The van der Waals surface area contributed by atoms with E-state index in [0.717, 1.165) is 32.5 Å². The minimum atomic E-state index is 0.915. The number of hydrogen-bond acceptors (Lipinski definition) is 2. The van der Waals surface area contributed by atoms with Crippen LogP contribution in [0.25, 0.3) is 0 Å². The van der Waals surface area contributed by atoms with Crippen LogP contribution >= 0.6 is 0 Å². The zero-order valence-corrected chi connectivity index (χ0v) is 8.87. The Morgan fingerprint density at radius 3 is 3.21 bits per heavy atom. The topological polar surface area (TPSA) is 29.9 Å². The van der Waals surface area contributed by atoms with Gasteiger partial charge in [-0.1, -0.05) is 13.0 Å². The van der Waals surface area contributed by atoms with E-state index in [-0.39, 0.29) is 0 Å². The molecular weight excluding hydrogens is 174 g/mol. The summed E-state index contributed by atoms with van der Waals surface area (Å²) in [5, 5.41) is 7.56. The Labute approximate surface area is 85.8 Å². The number of nitrogens with zero attached hydrogens (tertiary/aromatic N) is 2. The summed E-state index contributed by atoms with van der Waals surface area (Å²) < 4.78 is 2.00. The normalized spacial score (nSPS) is 10.4. The van der Waals surface area contributed by atoms with Gasteiger partial charge in [-0.05, 0) is 19.4 Å². The van der Waals surface area contributed by atoms with Gasteiger partial charge in [0.15, 0.2) is 0 Å². The summed E-state index contributed by atoms with van der Waals surface area (Å²) >= 11 is 0. The second-order valence-corrected chi connectivity index (χ2v) is 3.32. The fourth-order valence-electron chi connectivity index (χ4n) is 1.29. The van der Waals surface area contributed by atoms with Crippen molar-refractivity contribution >= 4 is 0 Å². The maximum absolute atomic E-state index is 4.28. The van der Waals surface area contributed by atoms with Crippen LogP contribution in [0.3, 0.4) is 0 Å². The molecule has 3 heteroatoms. The van der Waals surface area contributed by atoms with Crippen molar-refractivity contribution in [3.63, 3.8) is 0 Å². The highest BCUT2D eigenvalue weighted by Crippen LogP contribution is 1.99. The van der Waals surface area contributed by atoms with Crippen molar-refractivity contribution in [2.45, 2.75) is 32.9 Å². The Morgan fingerprint density at radius 2 is 2.50 bits per heavy atom. The van der Waals surface area contributed by atoms with Crippen LogP contribution in [-0.2, 0) is 13.1 Å². The van der Waals surface area contributed by atoms with Gasteiger partial charge in [-0.15, -0.1) is 6.58 Å². The number of hydrogen-bond donors (Lipinski definition) is 1. The fraction of sp³-hybridized carbons (Fsp3) is 0.545. The third-order valence-electron chi connectivity index (χ3n) is 2.06. The van der Waals surface area contributed by atoms with Gasteiger partial charge in [-0.2, -0.15) is 5.10 Å². The lowest BCUT2D eigenvalue weighted by atomic mass is 10.3. The molecule has 78 valence electrons. The lowest BCUT2D eigenvalue weighted by Crippen LogP contribution is -2.11. The zero-order valence-electron chi connectivity index (χ0n) is 8.87. The fourth-order valence-corrected chi connectivity index (χ4v) is 1.29. The number of aryl methyl sites for hydroxylation is 1.